The molecule has 1 saturated carbocycles. The van der Waals surface area contributed by atoms with Gasteiger partial charge in [-0.15, -0.1) is 0 Å². The molecule has 1 unspecified atom stereocenters. The highest BCUT2D eigenvalue weighted by Gasteiger charge is 2.21. The van der Waals surface area contributed by atoms with Crippen LogP contribution in [0.5, 0.6) is 0 Å². The van der Waals surface area contributed by atoms with Crippen molar-refractivity contribution < 1.29 is 4.79 Å². The van der Waals surface area contributed by atoms with E-state index in [4.69, 9.17) is 0 Å². The van der Waals surface area contributed by atoms with E-state index in [1.807, 2.05) is 12.3 Å². The van der Waals surface area contributed by atoms with Crippen molar-refractivity contribution in [2.75, 3.05) is 16.8 Å². The Hall–Kier alpha value is -1.78. The fourth-order valence-corrected chi connectivity index (χ4v) is 3.98. The lowest BCUT2D eigenvalue weighted by atomic mass is 9.96. The fraction of sp³-hybridized carbons (Fsp3) is 0.684. The minimum absolute atomic E-state index is 0.133. The summed E-state index contributed by atoms with van der Waals surface area (Å²) in [6.45, 7) is 3.36. The highest BCUT2D eigenvalue weighted by Crippen LogP contribution is 2.26. The van der Waals surface area contributed by atoms with Crippen molar-refractivity contribution in [2.45, 2.75) is 76.8 Å². The van der Waals surface area contributed by atoms with E-state index in [0.717, 1.165) is 19.4 Å². The van der Waals surface area contributed by atoms with Crippen molar-refractivity contribution in [1.82, 2.24) is 10.3 Å². The number of carbonyl (C=O) groups is 1. The molecule has 132 valence electrons. The molecule has 2 heterocycles. The maximum absolute atomic E-state index is 12.1. The Morgan fingerprint density at radius 2 is 1.96 bits per heavy atom. The van der Waals surface area contributed by atoms with Crippen LogP contribution in [-0.4, -0.2) is 29.6 Å². The number of carbonyl (C=O) groups excluding carboxylic acids is 1. The molecule has 0 radical (unpaired) electrons. The van der Waals surface area contributed by atoms with Crippen LogP contribution in [0.1, 0.15) is 64.7 Å². The predicted octanol–water partition coefficient (Wildman–Crippen LogP) is 4.30. The van der Waals surface area contributed by atoms with E-state index in [1.54, 1.807) is 0 Å². The summed E-state index contributed by atoms with van der Waals surface area (Å²) in [4.78, 5) is 19.0. The van der Waals surface area contributed by atoms with Crippen LogP contribution in [0.4, 0.5) is 16.3 Å². The third kappa shape index (κ3) is 4.40. The lowest BCUT2D eigenvalue weighted by Gasteiger charge is -2.37. The van der Waals surface area contributed by atoms with Crippen LogP contribution in [0.25, 0.3) is 0 Å². The summed E-state index contributed by atoms with van der Waals surface area (Å²) in [5.74, 6) is 0.622. The van der Waals surface area contributed by atoms with Crippen molar-refractivity contribution in [3.63, 3.8) is 0 Å². The highest BCUT2D eigenvalue weighted by atomic mass is 16.2. The molecule has 0 bridgehead atoms. The van der Waals surface area contributed by atoms with Gasteiger partial charge in [-0.3, -0.25) is 5.32 Å². The molecular formula is C19H30N4O. The first kappa shape index (κ1) is 17.1. The largest absolute Gasteiger partial charge is 0.367 e. The van der Waals surface area contributed by atoms with Gasteiger partial charge in [-0.1, -0.05) is 26.2 Å². The summed E-state index contributed by atoms with van der Waals surface area (Å²) in [6.07, 6.45) is 12.8. The average Bonchev–Trinajstić information content (AvgIpc) is 2.63. The van der Waals surface area contributed by atoms with Gasteiger partial charge in [0.05, 0.1) is 11.9 Å². The molecule has 1 aliphatic carbocycles. The van der Waals surface area contributed by atoms with Crippen LogP contribution in [0.3, 0.4) is 0 Å². The van der Waals surface area contributed by atoms with Crippen LogP contribution in [0.2, 0.25) is 0 Å². The van der Waals surface area contributed by atoms with E-state index in [-0.39, 0.29) is 6.03 Å². The predicted molar refractivity (Wildman–Crippen MR) is 98.5 cm³/mol. The van der Waals surface area contributed by atoms with E-state index in [9.17, 15) is 4.79 Å². The van der Waals surface area contributed by atoms with Crippen LogP contribution in [0, 0.1) is 0 Å². The minimum atomic E-state index is -0.133. The lowest BCUT2D eigenvalue weighted by Crippen LogP contribution is -2.39. The quantitative estimate of drug-likeness (QED) is 0.865. The summed E-state index contributed by atoms with van der Waals surface area (Å²) in [5.41, 5.74) is 1.17. The second kappa shape index (κ2) is 8.36. The normalized spacial score (nSPS) is 22.2. The van der Waals surface area contributed by atoms with Crippen LogP contribution in [-0.2, 0) is 0 Å². The zero-order valence-corrected chi connectivity index (χ0v) is 14.8. The number of hydrogen-bond donors (Lipinski definition) is 2. The van der Waals surface area contributed by atoms with Gasteiger partial charge < -0.3 is 10.2 Å². The molecule has 0 aromatic carbocycles. The van der Waals surface area contributed by atoms with Crippen molar-refractivity contribution in [1.29, 1.82) is 0 Å². The van der Waals surface area contributed by atoms with Crippen molar-refractivity contribution in [3.8, 4) is 0 Å². The smallest absolute Gasteiger partial charge is 0.320 e. The Morgan fingerprint density at radius 1 is 1.17 bits per heavy atom. The molecule has 1 aromatic heterocycles. The molecule has 2 aliphatic rings. The first-order valence-corrected chi connectivity index (χ1v) is 9.56. The number of pyridine rings is 1. The number of piperidine rings is 1. The first-order chi connectivity index (χ1) is 11.8. The van der Waals surface area contributed by atoms with Gasteiger partial charge in [0.1, 0.15) is 5.82 Å². The Morgan fingerprint density at radius 3 is 2.67 bits per heavy atom. The molecule has 2 fully saturated rings. The van der Waals surface area contributed by atoms with Gasteiger partial charge in [0.25, 0.3) is 0 Å². The molecule has 2 N–H and O–H groups in total. The van der Waals surface area contributed by atoms with Gasteiger partial charge in [0.2, 0.25) is 0 Å². The van der Waals surface area contributed by atoms with E-state index in [2.05, 4.69) is 33.5 Å². The van der Waals surface area contributed by atoms with Crippen molar-refractivity contribution >= 4 is 17.5 Å². The van der Waals surface area contributed by atoms with Gasteiger partial charge in [-0.05, 0) is 50.7 Å². The zero-order chi connectivity index (χ0) is 16.8. The maximum atomic E-state index is 12.1. The molecule has 5 heteroatoms. The molecule has 0 spiro atoms. The Kier molecular flexibility index (Phi) is 5.94. The monoisotopic (exact) mass is 330 g/mol. The molecule has 1 saturated heterocycles. The Bertz CT molecular complexity index is 525. The zero-order valence-electron chi connectivity index (χ0n) is 14.8. The lowest BCUT2D eigenvalue weighted by molar-refractivity contribution is 0.244. The molecule has 5 nitrogen and oxygen atoms in total. The number of urea groups is 1. The summed E-state index contributed by atoms with van der Waals surface area (Å²) in [6, 6.07) is 4.80. The number of aromatic nitrogens is 1. The van der Waals surface area contributed by atoms with Gasteiger partial charge in [-0.25, -0.2) is 9.78 Å². The number of nitrogens with one attached hydrogen (secondary N) is 2. The average molecular weight is 330 g/mol. The fourth-order valence-electron chi connectivity index (χ4n) is 3.98. The first-order valence-electron chi connectivity index (χ1n) is 9.56. The molecule has 2 amide bonds. The van der Waals surface area contributed by atoms with Crippen LogP contribution in [0.15, 0.2) is 18.3 Å². The molecule has 1 aromatic rings. The van der Waals surface area contributed by atoms with E-state index >= 15 is 0 Å². The van der Waals surface area contributed by atoms with Crippen molar-refractivity contribution in [2.24, 2.45) is 0 Å². The summed E-state index contributed by atoms with van der Waals surface area (Å²) >= 11 is 0. The van der Waals surface area contributed by atoms with E-state index < -0.39 is 0 Å². The summed E-state index contributed by atoms with van der Waals surface area (Å²) in [7, 11) is 0. The van der Waals surface area contributed by atoms with E-state index in [0.29, 0.717) is 17.9 Å². The Balaban J connectivity index is 1.54. The SMILES string of the molecule is CCC1CCCCN1c1ccc(NC(=O)NC2CCCCC2)nc1. The second-order valence-corrected chi connectivity index (χ2v) is 7.09. The van der Waals surface area contributed by atoms with Gasteiger partial charge in [0.15, 0.2) is 0 Å². The second-order valence-electron chi connectivity index (χ2n) is 7.09. The molecule has 3 rings (SSSR count). The number of nitrogens with zero attached hydrogens (tertiary/aromatic N) is 2. The maximum Gasteiger partial charge on any atom is 0.320 e. The molecule has 24 heavy (non-hydrogen) atoms. The minimum Gasteiger partial charge on any atom is -0.367 e. The van der Waals surface area contributed by atoms with E-state index in [1.165, 1.54) is 50.6 Å². The topological polar surface area (TPSA) is 57.3 Å². The summed E-state index contributed by atoms with van der Waals surface area (Å²) in [5, 5.41) is 5.93. The number of rotatable bonds is 4. The Labute approximate surface area is 145 Å². The molecule has 1 aliphatic heterocycles. The third-order valence-electron chi connectivity index (χ3n) is 5.36. The highest BCUT2D eigenvalue weighted by molar-refractivity contribution is 5.88. The van der Waals surface area contributed by atoms with Gasteiger partial charge >= 0.3 is 6.03 Å². The summed E-state index contributed by atoms with van der Waals surface area (Å²) < 4.78 is 0. The third-order valence-corrected chi connectivity index (χ3v) is 5.36. The standard InChI is InChI=1S/C19H30N4O/c1-2-16-10-6-7-13-23(16)17-11-12-18(20-14-17)22-19(24)21-15-8-4-3-5-9-15/h11-12,14-16H,2-10,13H2,1H3,(H2,20,21,22,24). The van der Waals surface area contributed by atoms with Gasteiger partial charge in [0, 0.05) is 18.6 Å². The van der Waals surface area contributed by atoms with Crippen molar-refractivity contribution in [3.05, 3.63) is 18.3 Å². The van der Waals surface area contributed by atoms with Crippen LogP contribution < -0.4 is 15.5 Å². The molecular weight excluding hydrogens is 300 g/mol. The van der Waals surface area contributed by atoms with Crippen LogP contribution >= 0.6 is 0 Å². The number of hydrogen-bond acceptors (Lipinski definition) is 3. The number of anilines is 2. The molecule has 1 atom stereocenters. The van der Waals surface area contributed by atoms with Gasteiger partial charge in [-0.2, -0.15) is 0 Å². The number of amides is 2.